The summed E-state index contributed by atoms with van der Waals surface area (Å²) >= 11 is 0. The van der Waals surface area contributed by atoms with Gasteiger partial charge in [-0.1, -0.05) is 5.92 Å². The molecule has 0 saturated carbocycles. The van der Waals surface area contributed by atoms with Gasteiger partial charge in [-0.2, -0.15) is 4.39 Å². The summed E-state index contributed by atoms with van der Waals surface area (Å²) in [6.45, 7) is -0.268. The lowest BCUT2D eigenvalue weighted by Crippen LogP contribution is -1.99. The monoisotopic (exact) mass is 185 g/mol. The Bertz CT molecular complexity index is 355. The third kappa shape index (κ3) is 2.15. The predicted molar refractivity (Wildman–Crippen MR) is 39.5 cm³/mol. The van der Waals surface area contributed by atoms with Gasteiger partial charge in [0.05, 0.1) is 6.07 Å². The molecule has 0 amide bonds. The number of halogens is 3. The number of hydrogen-bond donors (Lipinski definition) is 0. The van der Waals surface area contributed by atoms with E-state index >= 15 is 0 Å². The summed E-state index contributed by atoms with van der Waals surface area (Å²) in [7, 11) is 0. The van der Waals surface area contributed by atoms with Gasteiger partial charge in [-0.15, -0.1) is 6.42 Å². The van der Waals surface area contributed by atoms with Gasteiger partial charge >= 0.3 is 0 Å². The van der Waals surface area contributed by atoms with Crippen LogP contribution in [0.15, 0.2) is 6.07 Å². The van der Waals surface area contributed by atoms with E-state index in [9.17, 15) is 13.2 Å². The summed E-state index contributed by atoms with van der Waals surface area (Å²) in [6, 6.07) is 2.22. The normalized spacial score (nSPS) is 9.38. The Morgan fingerprint density at radius 1 is 1.46 bits per heavy atom. The van der Waals surface area contributed by atoms with E-state index in [1.807, 2.05) is 12.0 Å². The summed E-state index contributed by atoms with van der Waals surface area (Å²) in [5.74, 6) is -2.28. The maximum atomic E-state index is 12.7. The van der Waals surface area contributed by atoms with Crippen molar-refractivity contribution in [1.82, 2.24) is 0 Å². The van der Waals surface area contributed by atoms with E-state index < -0.39 is 23.2 Å². The van der Waals surface area contributed by atoms with Gasteiger partial charge in [-0.05, 0) is 0 Å². The minimum atomic E-state index is -1.33. The fraction of sp³-hybridized carbons (Fsp3) is 0.111. The predicted octanol–water partition coefficient (Wildman–Crippen LogP) is 1.92. The Labute approximate surface area is 73.1 Å². The molecule has 67 valence electrons. The average Bonchev–Trinajstić information content (AvgIpc) is 2.09. The minimum absolute atomic E-state index is 0.268. The molecule has 0 N–H and O–H groups in total. The summed E-state index contributed by atoms with van der Waals surface area (Å²) in [4.78, 5) is 0. The number of terminal acetylenes is 1. The standard InChI is InChI=1S/C9H4F3O/c1-2-3-13-8-5-6(10)4-7(11)9(8)12/h1,4H,3H2. The van der Waals surface area contributed by atoms with Gasteiger partial charge in [0.1, 0.15) is 12.4 Å². The van der Waals surface area contributed by atoms with Crippen molar-refractivity contribution in [3.05, 3.63) is 29.6 Å². The number of ether oxygens (including phenoxy) is 1. The molecular formula is C9H4F3O. The zero-order valence-electron chi connectivity index (χ0n) is 6.40. The van der Waals surface area contributed by atoms with Crippen LogP contribution in [-0.4, -0.2) is 6.61 Å². The quantitative estimate of drug-likeness (QED) is 0.505. The molecule has 0 fully saturated rings. The molecule has 1 rings (SSSR count). The average molecular weight is 185 g/mol. The van der Waals surface area contributed by atoms with Gasteiger partial charge in [0, 0.05) is 6.07 Å². The fourth-order valence-corrected chi connectivity index (χ4v) is 0.696. The van der Waals surface area contributed by atoms with Crippen LogP contribution in [0.5, 0.6) is 5.75 Å². The van der Waals surface area contributed by atoms with Crippen molar-refractivity contribution >= 4 is 0 Å². The van der Waals surface area contributed by atoms with Crippen LogP contribution in [-0.2, 0) is 0 Å². The Balaban J connectivity index is 3.00. The Morgan fingerprint density at radius 3 is 2.77 bits per heavy atom. The topological polar surface area (TPSA) is 9.23 Å². The van der Waals surface area contributed by atoms with Crippen molar-refractivity contribution in [3.8, 4) is 18.1 Å². The molecule has 0 saturated heterocycles. The van der Waals surface area contributed by atoms with Crippen molar-refractivity contribution in [2.75, 3.05) is 6.61 Å². The van der Waals surface area contributed by atoms with Crippen LogP contribution >= 0.6 is 0 Å². The van der Waals surface area contributed by atoms with Crippen molar-refractivity contribution in [1.29, 1.82) is 0 Å². The fourth-order valence-electron chi connectivity index (χ4n) is 0.696. The molecule has 0 heterocycles. The highest BCUT2D eigenvalue weighted by Crippen LogP contribution is 2.20. The minimum Gasteiger partial charge on any atom is -0.477 e. The van der Waals surface area contributed by atoms with Crippen LogP contribution in [0.25, 0.3) is 0 Å². The molecule has 1 aromatic carbocycles. The van der Waals surface area contributed by atoms with Crippen LogP contribution < -0.4 is 4.74 Å². The van der Waals surface area contributed by atoms with Crippen LogP contribution in [0, 0.1) is 35.9 Å². The van der Waals surface area contributed by atoms with Crippen molar-refractivity contribution in [2.24, 2.45) is 0 Å². The van der Waals surface area contributed by atoms with Crippen LogP contribution in [0.1, 0.15) is 0 Å². The van der Waals surface area contributed by atoms with E-state index in [-0.39, 0.29) is 6.61 Å². The molecule has 0 atom stereocenters. The van der Waals surface area contributed by atoms with Crippen molar-refractivity contribution in [3.63, 3.8) is 0 Å². The van der Waals surface area contributed by atoms with Gasteiger partial charge in [0.25, 0.3) is 0 Å². The highest BCUT2D eigenvalue weighted by molar-refractivity contribution is 5.25. The Hall–Kier alpha value is -1.63. The summed E-state index contributed by atoms with van der Waals surface area (Å²) in [5, 5.41) is 0. The van der Waals surface area contributed by atoms with E-state index in [1.54, 1.807) is 0 Å². The molecule has 0 bridgehead atoms. The Kier molecular flexibility index (Phi) is 2.80. The van der Waals surface area contributed by atoms with Crippen LogP contribution in [0.4, 0.5) is 13.2 Å². The number of benzene rings is 1. The van der Waals surface area contributed by atoms with E-state index in [1.165, 1.54) is 0 Å². The molecule has 13 heavy (non-hydrogen) atoms. The van der Waals surface area contributed by atoms with E-state index in [2.05, 4.69) is 4.74 Å². The molecule has 0 aliphatic rings. The lowest BCUT2D eigenvalue weighted by molar-refractivity contribution is 0.333. The molecule has 0 aliphatic heterocycles. The maximum absolute atomic E-state index is 12.7. The lowest BCUT2D eigenvalue weighted by atomic mass is 10.3. The highest BCUT2D eigenvalue weighted by atomic mass is 19.2. The van der Waals surface area contributed by atoms with Gasteiger partial charge in [-0.25, -0.2) is 8.78 Å². The summed E-state index contributed by atoms with van der Waals surface area (Å²) in [6.07, 6.45) is 4.80. The molecule has 1 aromatic rings. The first-order valence-corrected chi connectivity index (χ1v) is 3.28. The zero-order chi connectivity index (χ0) is 9.84. The van der Waals surface area contributed by atoms with Gasteiger partial charge < -0.3 is 4.74 Å². The summed E-state index contributed by atoms with van der Waals surface area (Å²) in [5.41, 5.74) is 0. The molecule has 0 unspecified atom stereocenters. The van der Waals surface area contributed by atoms with E-state index in [4.69, 9.17) is 6.42 Å². The molecular weight excluding hydrogens is 181 g/mol. The second-order valence-corrected chi connectivity index (χ2v) is 2.10. The second kappa shape index (κ2) is 3.85. The first kappa shape index (κ1) is 9.46. The Morgan fingerprint density at radius 2 is 2.15 bits per heavy atom. The first-order valence-electron chi connectivity index (χ1n) is 3.28. The van der Waals surface area contributed by atoms with Crippen LogP contribution in [0.2, 0.25) is 0 Å². The smallest absolute Gasteiger partial charge is 0.201 e. The number of hydrogen-bond acceptors (Lipinski definition) is 1. The maximum Gasteiger partial charge on any atom is 0.201 e. The number of rotatable bonds is 2. The van der Waals surface area contributed by atoms with Crippen LogP contribution in [0.3, 0.4) is 0 Å². The van der Waals surface area contributed by atoms with Crippen molar-refractivity contribution < 1.29 is 17.9 Å². The summed E-state index contributed by atoms with van der Waals surface area (Å²) < 4.78 is 42.2. The van der Waals surface area contributed by atoms with Gasteiger partial charge in [-0.3, -0.25) is 0 Å². The third-order valence-electron chi connectivity index (χ3n) is 1.20. The molecule has 1 radical (unpaired) electrons. The molecule has 4 heteroatoms. The SMILES string of the molecule is C#CCOc1[c]c(F)cc(F)c1F. The largest absolute Gasteiger partial charge is 0.477 e. The molecule has 1 nitrogen and oxygen atoms in total. The van der Waals surface area contributed by atoms with Gasteiger partial charge in [0.2, 0.25) is 5.82 Å². The molecule has 0 spiro atoms. The highest BCUT2D eigenvalue weighted by Gasteiger charge is 2.12. The second-order valence-electron chi connectivity index (χ2n) is 2.10. The third-order valence-corrected chi connectivity index (χ3v) is 1.20. The van der Waals surface area contributed by atoms with E-state index in [0.717, 1.165) is 0 Å². The van der Waals surface area contributed by atoms with E-state index in [0.29, 0.717) is 6.07 Å². The molecule has 0 aromatic heterocycles. The first-order chi connectivity index (χ1) is 6.15. The zero-order valence-corrected chi connectivity index (χ0v) is 6.40. The van der Waals surface area contributed by atoms with Gasteiger partial charge in [0.15, 0.2) is 11.6 Å². The molecule has 0 aliphatic carbocycles. The van der Waals surface area contributed by atoms with Crippen molar-refractivity contribution in [2.45, 2.75) is 0 Å². The lowest BCUT2D eigenvalue weighted by Gasteiger charge is -2.03.